The number of hydrogen-bond acceptors (Lipinski definition) is 5. The molecule has 0 aliphatic heterocycles. The van der Waals surface area contributed by atoms with Gasteiger partial charge >= 0.3 is 0 Å². The lowest BCUT2D eigenvalue weighted by molar-refractivity contribution is 0.417. The number of aryl methyl sites for hydroxylation is 2. The molecule has 1 aromatic carbocycles. The molecule has 7 nitrogen and oxygen atoms in total. The topological polar surface area (TPSA) is 83.5 Å². The van der Waals surface area contributed by atoms with Gasteiger partial charge in [-0.3, -0.25) is 5.32 Å². The quantitative estimate of drug-likeness (QED) is 0.433. The largest absolute Gasteiger partial charge is 0.495 e. The van der Waals surface area contributed by atoms with Gasteiger partial charge in [0.1, 0.15) is 5.75 Å². The average Bonchev–Trinajstić information content (AvgIpc) is 3.38. The van der Waals surface area contributed by atoms with Crippen molar-refractivity contribution in [2.24, 2.45) is 4.99 Å². The Labute approximate surface area is 158 Å². The summed E-state index contributed by atoms with van der Waals surface area (Å²) in [5.41, 5.74) is 2.56. The maximum Gasteiger partial charge on any atom is 0.229 e. The number of anilines is 2. The number of nitrogens with zero attached hydrogens (tertiary/aromatic N) is 3. The Balaban J connectivity index is 1.71. The van der Waals surface area contributed by atoms with Crippen molar-refractivity contribution in [2.75, 3.05) is 17.7 Å². The lowest BCUT2D eigenvalue weighted by atomic mass is 10.3. The van der Waals surface area contributed by atoms with E-state index in [4.69, 9.17) is 17.0 Å². The minimum absolute atomic E-state index is 0.310. The van der Waals surface area contributed by atoms with Crippen LogP contribution in [0.15, 0.2) is 35.3 Å². The zero-order chi connectivity index (χ0) is 18.5. The van der Waals surface area contributed by atoms with Crippen LogP contribution in [0.1, 0.15) is 24.2 Å². The van der Waals surface area contributed by atoms with E-state index in [2.05, 4.69) is 30.9 Å². The van der Waals surface area contributed by atoms with Crippen molar-refractivity contribution in [1.29, 1.82) is 0 Å². The van der Waals surface area contributed by atoms with Crippen LogP contribution < -0.4 is 20.7 Å². The van der Waals surface area contributed by atoms with Crippen LogP contribution in [0.25, 0.3) is 0 Å². The standard InChI is InChI=1S/C18H22N6OS/c1-11-10-12(2)20-16(19-11)23-17(21-13-8-9-13)24-18(26)22-14-6-4-5-7-15(14)25-3/h4-7,10,13H,8-9H2,1-3H3,(H3,19,20,21,22,23,24,26). The third-order valence-corrected chi connectivity index (χ3v) is 3.86. The van der Waals surface area contributed by atoms with Crippen LogP contribution in [-0.2, 0) is 0 Å². The summed E-state index contributed by atoms with van der Waals surface area (Å²) in [7, 11) is 1.62. The number of para-hydroxylation sites is 2. The number of hydrogen-bond donors (Lipinski definition) is 3. The Morgan fingerprint density at radius 2 is 1.85 bits per heavy atom. The average molecular weight is 370 g/mol. The van der Waals surface area contributed by atoms with E-state index in [9.17, 15) is 0 Å². The number of ether oxygens (including phenoxy) is 1. The molecule has 3 rings (SSSR count). The van der Waals surface area contributed by atoms with Crippen molar-refractivity contribution in [3.8, 4) is 5.75 Å². The van der Waals surface area contributed by atoms with Crippen LogP contribution >= 0.6 is 12.2 Å². The number of thiocarbonyl (C=S) groups is 1. The van der Waals surface area contributed by atoms with Crippen molar-refractivity contribution in [1.82, 2.24) is 15.3 Å². The maximum atomic E-state index is 5.42. The molecule has 0 saturated heterocycles. The van der Waals surface area contributed by atoms with Gasteiger partial charge in [-0.2, -0.15) is 0 Å². The van der Waals surface area contributed by atoms with Gasteiger partial charge in [-0.25, -0.2) is 15.0 Å². The summed E-state index contributed by atoms with van der Waals surface area (Å²) in [5, 5.41) is 9.77. The molecule has 0 bridgehead atoms. The molecule has 1 heterocycles. The Hall–Kier alpha value is -2.74. The van der Waals surface area contributed by atoms with Gasteiger partial charge in [0.2, 0.25) is 11.9 Å². The molecule has 0 amide bonds. The lowest BCUT2D eigenvalue weighted by Gasteiger charge is -2.15. The number of nitrogens with one attached hydrogen (secondary N) is 3. The fourth-order valence-electron chi connectivity index (χ4n) is 2.38. The van der Waals surface area contributed by atoms with Crippen molar-refractivity contribution in [2.45, 2.75) is 32.7 Å². The fraction of sp³-hybridized carbons (Fsp3) is 0.333. The first kappa shape index (κ1) is 18.1. The first-order valence-electron chi connectivity index (χ1n) is 8.41. The molecular formula is C18H22N6OS. The second-order valence-corrected chi connectivity index (χ2v) is 6.50. The molecule has 0 atom stereocenters. The predicted octanol–water partition coefficient (Wildman–Crippen LogP) is 3.02. The minimum Gasteiger partial charge on any atom is -0.495 e. The number of guanidine groups is 1. The summed E-state index contributed by atoms with van der Waals surface area (Å²) in [5.74, 6) is 1.74. The molecule has 1 aromatic heterocycles. The molecule has 26 heavy (non-hydrogen) atoms. The predicted molar refractivity (Wildman–Crippen MR) is 108 cm³/mol. The Morgan fingerprint density at radius 1 is 1.15 bits per heavy atom. The summed E-state index contributed by atoms with van der Waals surface area (Å²) >= 11 is 5.42. The summed E-state index contributed by atoms with van der Waals surface area (Å²) < 4.78 is 5.33. The molecular weight excluding hydrogens is 348 g/mol. The van der Waals surface area contributed by atoms with Gasteiger partial charge in [0, 0.05) is 11.4 Å². The van der Waals surface area contributed by atoms with Crippen LogP contribution in [0.4, 0.5) is 11.6 Å². The summed E-state index contributed by atoms with van der Waals surface area (Å²) in [4.78, 5) is 13.4. The number of aromatic nitrogens is 2. The van der Waals surface area contributed by atoms with E-state index in [1.165, 1.54) is 0 Å². The first-order valence-corrected chi connectivity index (χ1v) is 8.82. The van der Waals surface area contributed by atoms with Crippen molar-refractivity contribution in [3.05, 3.63) is 41.7 Å². The second-order valence-electron chi connectivity index (χ2n) is 6.09. The molecule has 1 fully saturated rings. The molecule has 136 valence electrons. The van der Waals surface area contributed by atoms with Gasteiger partial charge in [-0.1, -0.05) is 12.1 Å². The fourth-order valence-corrected chi connectivity index (χ4v) is 2.59. The Kier molecular flexibility index (Phi) is 5.62. The minimum atomic E-state index is 0.310. The Bertz CT molecular complexity index is 814. The Morgan fingerprint density at radius 3 is 2.50 bits per heavy atom. The highest BCUT2D eigenvalue weighted by molar-refractivity contribution is 7.80. The van der Waals surface area contributed by atoms with Crippen molar-refractivity contribution >= 4 is 34.9 Å². The van der Waals surface area contributed by atoms with E-state index in [1.807, 2.05) is 44.2 Å². The van der Waals surface area contributed by atoms with Crippen LogP contribution in [0.5, 0.6) is 5.75 Å². The van der Waals surface area contributed by atoms with Crippen molar-refractivity contribution < 1.29 is 4.74 Å². The summed E-state index contributed by atoms with van der Waals surface area (Å²) in [6.45, 7) is 3.86. The van der Waals surface area contributed by atoms with Gasteiger partial charge in [-0.15, -0.1) is 0 Å². The molecule has 1 aliphatic rings. The highest BCUT2D eigenvalue weighted by Gasteiger charge is 2.22. The first-order chi connectivity index (χ1) is 12.5. The van der Waals surface area contributed by atoms with E-state index < -0.39 is 0 Å². The van der Waals surface area contributed by atoms with Crippen LogP contribution in [0, 0.1) is 13.8 Å². The molecule has 3 N–H and O–H groups in total. The zero-order valence-electron chi connectivity index (χ0n) is 15.0. The maximum absolute atomic E-state index is 5.42. The molecule has 0 unspecified atom stereocenters. The van der Waals surface area contributed by atoms with Gasteiger partial charge in [-0.05, 0) is 57.1 Å². The van der Waals surface area contributed by atoms with E-state index in [1.54, 1.807) is 7.11 Å². The highest BCUT2D eigenvalue weighted by Crippen LogP contribution is 2.24. The van der Waals surface area contributed by atoms with E-state index in [0.29, 0.717) is 28.8 Å². The third kappa shape index (κ3) is 5.13. The van der Waals surface area contributed by atoms with Crippen LogP contribution in [-0.4, -0.2) is 34.2 Å². The summed E-state index contributed by atoms with van der Waals surface area (Å²) in [6, 6.07) is 9.80. The number of methoxy groups -OCH3 is 1. The summed E-state index contributed by atoms with van der Waals surface area (Å²) in [6.07, 6.45) is 2.15. The lowest BCUT2D eigenvalue weighted by Crippen LogP contribution is -2.39. The van der Waals surface area contributed by atoms with E-state index in [0.717, 1.165) is 29.9 Å². The molecule has 2 aromatic rings. The number of benzene rings is 1. The van der Waals surface area contributed by atoms with Crippen molar-refractivity contribution in [3.63, 3.8) is 0 Å². The second kappa shape index (κ2) is 8.09. The molecule has 0 spiro atoms. The molecule has 1 aliphatic carbocycles. The van der Waals surface area contributed by atoms with Crippen LogP contribution in [0.3, 0.4) is 0 Å². The number of aliphatic imine (C=N–C) groups is 1. The highest BCUT2D eigenvalue weighted by atomic mass is 32.1. The van der Waals surface area contributed by atoms with Crippen LogP contribution in [0.2, 0.25) is 0 Å². The SMILES string of the molecule is COc1ccccc1NC(=S)NC(=NC1CC1)Nc1nc(C)cc(C)n1. The zero-order valence-corrected chi connectivity index (χ0v) is 15.9. The third-order valence-electron chi connectivity index (χ3n) is 3.66. The van der Waals surface area contributed by atoms with Gasteiger partial charge < -0.3 is 15.4 Å². The van der Waals surface area contributed by atoms with E-state index >= 15 is 0 Å². The smallest absolute Gasteiger partial charge is 0.229 e. The normalized spacial score (nSPS) is 13.9. The molecule has 0 radical (unpaired) electrons. The monoisotopic (exact) mass is 370 g/mol. The van der Waals surface area contributed by atoms with Gasteiger partial charge in [0.15, 0.2) is 5.11 Å². The molecule has 1 saturated carbocycles. The number of rotatable bonds is 4. The molecule has 8 heteroatoms. The van der Waals surface area contributed by atoms with Gasteiger partial charge in [0.25, 0.3) is 0 Å². The van der Waals surface area contributed by atoms with Gasteiger partial charge in [0.05, 0.1) is 18.8 Å². The van der Waals surface area contributed by atoms with E-state index in [-0.39, 0.29) is 0 Å².